The molecule has 0 saturated heterocycles. The van der Waals surface area contributed by atoms with Crippen LogP contribution in [0.15, 0.2) is 27.3 Å². The summed E-state index contributed by atoms with van der Waals surface area (Å²) in [6.07, 6.45) is -0.794. The Morgan fingerprint density at radius 1 is 0.842 bits per heavy atom. The van der Waals surface area contributed by atoms with Crippen LogP contribution in [-0.2, 0) is 37.0 Å². The van der Waals surface area contributed by atoms with Crippen LogP contribution in [-0.4, -0.2) is 39.0 Å². The Hall–Kier alpha value is -3.20. The number of esters is 1. The van der Waals surface area contributed by atoms with Gasteiger partial charge in [0.2, 0.25) is 0 Å². The Balaban J connectivity index is 1.95. The highest BCUT2D eigenvalue weighted by Gasteiger charge is 2.36. The molecule has 210 valence electrons. The van der Waals surface area contributed by atoms with Crippen molar-refractivity contribution in [2.24, 2.45) is 5.92 Å². The second-order valence-corrected chi connectivity index (χ2v) is 11.2. The first kappa shape index (κ1) is 31.0. The maximum Gasteiger partial charge on any atom is 0.519 e. The zero-order valence-electron chi connectivity index (χ0n) is 21.6. The topological polar surface area (TPSA) is 183 Å². The van der Waals surface area contributed by atoms with Gasteiger partial charge in [0.15, 0.2) is 36.3 Å². The summed E-state index contributed by atoms with van der Waals surface area (Å²) in [6.45, 7) is 8.47. The summed E-state index contributed by atoms with van der Waals surface area (Å²) in [5.74, 6) is -3.77. The van der Waals surface area contributed by atoms with Crippen molar-refractivity contribution < 1.29 is 51.1 Å². The number of carbonyl (C=O) groups is 4. The summed E-state index contributed by atoms with van der Waals surface area (Å²) < 4.78 is 32.9. The van der Waals surface area contributed by atoms with Crippen LogP contribution in [0.3, 0.4) is 0 Å². The smallest absolute Gasteiger partial charge is 0.463 e. The van der Waals surface area contributed by atoms with Gasteiger partial charge in [-0.15, -0.1) is 0 Å². The van der Waals surface area contributed by atoms with E-state index >= 15 is 0 Å². The van der Waals surface area contributed by atoms with Crippen LogP contribution in [0.4, 0.5) is 9.59 Å². The maximum absolute atomic E-state index is 13.0. The van der Waals surface area contributed by atoms with E-state index in [-0.39, 0.29) is 48.4 Å². The number of rotatable bonds is 12. The number of carbonyl (C=O) groups excluding carboxylic acids is 4. The van der Waals surface area contributed by atoms with E-state index in [1.54, 1.807) is 13.8 Å². The Morgan fingerprint density at radius 2 is 1.34 bits per heavy atom. The van der Waals surface area contributed by atoms with Gasteiger partial charge in [-0.2, -0.15) is 0 Å². The first-order chi connectivity index (χ1) is 17.7. The van der Waals surface area contributed by atoms with Crippen molar-refractivity contribution in [1.29, 1.82) is 0 Å². The molecule has 0 aliphatic rings. The predicted molar refractivity (Wildman–Crippen MR) is 133 cm³/mol. The molecule has 0 aliphatic carbocycles. The van der Waals surface area contributed by atoms with Gasteiger partial charge in [0.25, 0.3) is 0 Å². The highest BCUT2D eigenvalue weighted by molar-refractivity contribution is 8.15. The number of thioether (sulfide) groups is 2. The molecule has 0 amide bonds. The normalized spacial score (nSPS) is 12.3. The molecule has 15 heteroatoms. The molecule has 0 bridgehead atoms. The fourth-order valence-corrected chi connectivity index (χ4v) is 4.24. The van der Waals surface area contributed by atoms with Crippen LogP contribution in [0.25, 0.3) is 0 Å². The van der Waals surface area contributed by atoms with Crippen LogP contribution in [0.1, 0.15) is 57.2 Å². The van der Waals surface area contributed by atoms with Gasteiger partial charge in [0.05, 0.1) is 16.8 Å². The second-order valence-electron chi connectivity index (χ2n) is 8.68. The van der Waals surface area contributed by atoms with E-state index in [0.717, 1.165) is 0 Å². The van der Waals surface area contributed by atoms with Crippen molar-refractivity contribution >= 4 is 45.9 Å². The number of ether oxygens (including phenoxy) is 3. The first-order valence-corrected chi connectivity index (χ1v) is 13.1. The number of hydrogen-bond acceptors (Lipinski definition) is 15. The zero-order valence-corrected chi connectivity index (χ0v) is 23.2. The molecule has 0 aromatic carbocycles. The van der Waals surface area contributed by atoms with Crippen molar-refractivity contribution in [3.63, 3.8) is 0 Å². The second kappa shape index (κ2) is 13.6. The summed E-state index contributed by atoms with van der Waals surface area (Å²) in [7, 11) is 0. The minimum Gasteiger partial charge on any atom is -0.463 e. The Kier molecular flexibility index (Phi) is 11.1. The van der Waals surface area contributed by atoms with Crippen LogP contribution >= 0.6 is 23.5 Å². The molecule has 0 spiro atoms. The molecule has 0 unspecified atom stereocenters. The summed E-state index contributed by atoms with van der Waals surface area (Å²) in [5, 5.41) is -1.59. The molecule has 0 aliphatic heterocycles. The standard InChI is InChI=1S/C23H28O13S2/c1-11(2)32-18(25)14(10-37-21(28)30-8-15-12(3)33-19(26)35-15)7-17(24)23(5,6)38-22(29)31-9-16-13(4)34-20(27)36-16/h11,14H,7-10H2,1-6H3/t14-/m0/s1. The van der Waals surface area contributed by atoms with Crippen molar-refractivity contribution in [3.8, 4) is 0 Å². The number of hydrogen-bond donors (Lipinski definition) is 0. The highest BCUT2D eigenvalue weighted by Crippen LogP contribution is 2.31. The molecular formula is C23H28O13S2. The number of aryl methyl sites for hydroxylation is 2. The van der Waals surface area contributed by atoms with Crippen molar-refractivity contribution in [3.05, 3.63) is 44.3 Å². The first-order valence-electron chi connectivity index (χ1n) is 11.3. The molecule has 13 nitrogen and oxygen atoms in total. The lowest BCUT2D eigenvalue weighted by Gasteiger charge is -2.24. The Bertz CT molecular complexity index is 1260. The van der Waals surface area contributed by atoms with E-state index in [4.69, 9.17) is 23.0 Å². The maximum atomic E-state index is 13.0. The molecule has 2 heterocycles. The average molecular weight is 577 g/mol. The average Bonchev–Trinajstić information content (AvgIpc) is 3.30. The molecule has 0 fully saturated rings. The van der Waals surface area contributed by atoms with E-state index in [0.29, 0.717) is 23.5 Å². The van der Waals surface area contributed by atoms with Gasteiger partial charge in [-0.25, -0.2) is 19.2 Å². The number of ketones is 1. The molecule has 2 aromatic rings. The van der Waals surface area contributed by atoms with Crippen LogP contribution in [0.2, 0.25) is 0 Å². The van der Waals surface area contributed by atoms with E-state index in [2.05, 4.69) is 8.83 Å². The molecule has 2 aromatic heterocycles. The van der Waals surface area contributed by atoms with Crippen molar-refractivity contribution in [2.45, 2.75) is 72.0 Å². The third-order valence-corrected chi connectivity index (χ3v) is 6.79. The van der Waals surface area contributed by atoms with Crippen molar-refractivity contribution in [1.82, 2.24) is 0 Å². The summed E-state index contributed by atoms with van der Waals surface area (Å²) in [5.41, 5.74) is 0. The molecule has 38 heavy (non-hydrogen) atoms. The van der Waals surface area contributed by atoms with Gasteiger partial charge < -0.3 is 31.9 Å². The molecular weight excluding hydrogens is 548 g/mol. The third kappa shape index (κ3) is 9.59. The lowest BCUT2D eigenvalue weighted by molar-refractivity contribution is -0.153. The zero-order chi connectivity index (χ0) is 28.6. The van der Waals surface area contributed by atoms with Gasteiger partial charge in [0, 0.05) is 12.2 Å². The largest absolute Gasteiger partial charge is 0.519 e. The molecule has 1 atom stereocenters. The monoisotopic (exact) mass is 576 g/mol. The highest BCUT2D eigenvalue weighted by atomic mass is 32.2. The number of Topliss-reactive ketones (excluding diaryl/α,β-unsaturated/α-hetero) is 1. The minimum atomic E-state index is -1.30. The minimum absolute atomic E-state index is 0.0403. The summed E-state index contributed by atoms with van der Waals surface area (Å²) >= 11 is 1.23. The SMILES string of the molecule is Cc1oc(=O)oc1COC(=O)SC[C@H](CC(=O)C(C)(C)SC(=O)OCc1oc(=O)oc1C)C(=O)OC(C)C. The molecule has 2 rings (SSSR count). The van der Waals surface area contributed by atoms with Crippen LogP contribution < -0.4 is 11.6 Å². The van der Waals surface area contributed by atoms with Crippen LogP contribution in [0.5, 0.6) is 0 Å². The van der Waals surface area contributed by atoms with E-state index in [1.807, 2.05) is 0 Å². The van der Waals surface area contributed by atoms with E-state index < -0.39 is 50.8 Å². The summed E-state index contributed by atoms with van der Waals surface area (Å²) in [6, 6.07) is 0. The lowest BCUT2D eigenvalue weighted by Crippen LogP contribution is -2.35. The third-order valence-electron chi connectivity index (χ3n) is 4.84. The molecule has 0 saturated carbocycles. The van der Waals surface area contributed by atoms with E-state index in [1.165, 1.54) is 27.7 Å². The molecule has 0 radical (unpaired) electrons. The van der Waals surface area contributed by atoms with E-state index in [9.17, 15) is 28.8 Å². The van der Waals surface area contributed by atoms with Gasteiger partial charge in [-0.1, -0.05) is 0 Å². The molecule has 0 N–H and O–H groups in total. The van der Waals surface area contributed by atoms with Crippen molar-refractivity contribution in [2.75, 3.05) is 5.75 Å². The fourth-order valence-electron chi connectivity index (χ4n) is 2.77. The fraction of sp³-hybridized carbons (Fsp3) is 0.565. The predicted octanol–water partition coefficient (Wildman–Crippen LogP) is 4.14. The van der Waals surface area contributed by atoms with Gasteiger partial charge in [0.1, 0.15) is 5.78 Å². The quantitative estimate of drug-likeness (QED) is 0.259. The Morgan fingerprint density at radius 3 is 1.79 bits per heavy atom. The Labute approximate surface area is 224 Å². The van der Waals surface area contributed by atoms with Gasteiger partial charge in [-0.05, 0) is 65.1 Å². The van der Waals surface area contributed by atoms with Crippen LogP contribution in [0, 0.1) is 19.8 Å². The van der Waals surface area contributed by atoms with Gasteiger partial charge in [-0.3, -0.25) is 9.59 Å². The lowest BCUT2D eigenvalue weighted by atomic mass is 9.97. The van der Waals surface area contributed by atoms with Gasteiger partial charge >= 0.3 is 28.2 Å². The summed E-state index contributed by atoms with van der Waals surface area (Å²) in [4.78, 5) is 72.3.